The minimum atomic E-state index is 0.00778. The Hall–Kier alpha value is -1.55. The van der Waals surface area contributed by atoms with E-state index in [0.717, 1.165) is 31.7 Å². The normalized spacial score (nSPS) is 17.2. The van der Waals surface area contributed by atoms with E-state index in [1.54, 1.807) is 18.2 Å². The van der Waals surface area contributed by atoms with Crippen LogP contribution in [0.1, 0.15) is 15.9 Å². The Morgan fingerprint density at radius 2 is 1.88 bits per heavy atom. The van der Waals surface area contributed by atoms with Gasteiger partial charge in [-0.25, -0.2) is 0 Å². The van der Waals surface area contributed by atoms with Gasteiger partial charge in [-0.1, -0.05) is 6.07 Å². The number of hydrogen-bond donors (Lipinski definition) is 1. The van der Waals surface area contributed by atoms with Crippen molar-refractivity contribution in [1.29, 1.82) is 0 Å². The molecule has 1 heterocycles. The number of likely N-dealkylation sites (N-methyl/N-ethyl adjacent to an activating group) is 1. The molecule has 1 amide bonds. The molecule has 0 spiro atoms. The quantitative estimate of drug-likeness (QED) is 0.791. The number of carbonyl (C=O) groups excluding carboxylic acids is 1. The summed E-state index contributed by atoms with van der Waals surface area (Å²) in [6, 6.07) is 5.10. The SMILES string of the molecule is Cc1ccc(C(=O)N2CCN(C)CC2)cc1O. The summed E-state index contributed by atoms with van der Waals surface area (Å²) in [6.07, 6.45) is 0. The van der Waals surface area contributed by atoms with Crippen LogP contribution in [0.2, 0.25) is 0 Å². The molecule has 1 aliphatic rings. The van der Waals surface area contributed by atoms with Gasteiger partial charge in [0.1, 0.15) is 5.75 Å². The molecule has 1 aromatic carbocycles. The van der Waals surface area contributed by atoms with Gasteiger partial charge < -0.3 is 14.9 Å². The first-order valence-corrected chi connectivity index (χ1v) is 5.85. The lowest BCUT2D eigenvalue weighted by Crippen LogP contribution is -2.47. The highest BCUT2D eigenvalue weighted by Crippen LogP contribution is 2.19. The molecule has 1 fully saturated rings. The van der Waals surface area contributed by atoms with Gasteiger partial charge in [-0.15, -0.1) is 0 Å². The van der Waals surface area contributed by atoms with Gasteiger partial charge in [-0.05, 0) is 31.7 Å². The number of nitrogens with zero attached hydrogens (tertiary/aromatic N) is 2. The number of phenolic OH excluding ortho intramolecular Hbond substituents is 1. The second kappa shape index (κ2) is 4.75. The lowest BCUT2D eigenvalue weighted by molar-refractivity contribution is 0.0663. The first-order valence-electron chi connectivity index (χ1n) is 5.85. The third-order valence-electron chi connectivity index (χ3n) is 3.25. The minimum Gasteiger partial charge on any atom is -0.508 e. The maximum Gasteiger partial charge on any atom is 0.254 e. The number of aromatic hydroxyl groups is 1. The number of phenols is 1. The molecule has 2 rings (SSSR count). The number of benzene rings is 1. The molecule has 0 bridgehead atoms. The second-order valence-corrected chi connectivity index (χ2v) is 4.60. The fourth-order valence-corrected chi connectivity index (χ4v) is 1.93. The number of carbonyl (C=O) groups is 1. The molecule has 4 nitrogen and oxygen atoms in total. The van der Waals surface area contributed by atoms with E-state index >= 15 is 0 Å². The Morgan fingerprint density at radius 1 is 1.24 bits per heavy atom. The van der Waals surface area contributed by atoms with Crippen molar-refractivity contribution >= 4 is 5.91 Å². The Kier molecular flexibility index (Phi) is 3.33. The standard InChI is InChI=1S/C13H18N2O2/c1-10-3-4-11(9-12(10)16)13(17)15-7-5-14(2)6-8-15/h3-4,9,16H,5-8H2,1-2H3. The van der Waals surface area contributed by atoms with Crippen molar-refractivity contribution in [3.8, 4) is 5.75 Å². The largest absolute Gasteiger partial charge is 0.508 e. The van der Waals surface area contributed by atoms with E-state index in [-0.39, 0.29) is 11.7 Å². The van der Waals surface area contributed by atoms with Crippen molar-refractivity contribution in [1.82, 2.24) is 9.80 Å². The number of rotatable bonds is 1. The average Bonchev–Trinajstić information content (AvgIpc) is 2.33. The molecule has 0 aliphatic carbocycles. The summed E-state index contributed by atoms with van der Waals surface area (Å²) in [6.45, 7) is 5.14. The summed E-state index contributed by atoms with van der Waals surface area (Å²) in [5.41, 5.74) is 1.36. The van der Waals surface area contributed by atoms with E-state index in [2.05, 4.69) is 11.9 Å². The summed E-state index contributed by atoms with van der Waals surface area (Å²) in [4.78, 5) is 16.2. The average molecular weight is 234 g/mol. The minimum absolute atomic E-state index is 0.00778. The second-order valence-electron chi connectivity index (χ2n) is 4.60. The molecule has 1 saturated heterocycles. The van der Waals surface area contributed by atoms with Gasteiger partial charge in [0.25, 0.3) is 5.91 Å². The highest BCUT2D eigenvalue weighted by Gasteiger charge is 2.20. The number of hydrogen-bond acceptors (Lipinski definition) is 3. The molecule has 0 saturated carbocycles. The predicted molar refractivity (Wildman–Crippen MR) is 66.2 cm³/mol. The van der Waals surface area contributed by atoms with Crippen LogP contribution in [0.5, 0.6) is 5.75 Å². The maximum atomic E-state index is 12.2. The fourth-order valence-electron chi connectivity index (χ4n) is 1.93. The molecule has 1 N–H and O–H groups in total. The summed E-state index contributed by atoms with van der Waals surface area (Å²) in [5, 5.41) is 9.61. The van der Waals surface area contributed by atoms with Crippen LogP contribution in [-0.2, 0) is 0 Å². The van der Waals surface area contributed by atoms with E-state index in [4.69, 9.17) is 0 Å². The van der Waals surface area contributed by atoms with E-state index in [1.807, 2.05) is 11.8 Å². The van der Waals surface area contributed by atoms with Crippen LogP contribution >= 0.6 is 0 Å². The summed E-state index contributed by atoms with van der Waals surface area (Å²) in [7, 11) is 2.06. The summed E-state index contributed by atoms with van der Waals surface area (Å²) in [5.74, 6) is 0.193. The van der Waals surface area contributed by atoms with Crippen molar-refractivity contribution < 1.29 is 9.90 Å². The van der Waals surface area contributed by atoms with Crippen LogP contribution in [0.25, 0.3) is 0 Å². The number of aryl methyl sites for hydroxylation is 1. The van der Waals surface area contributed by atoms with E-state index in [1.165, 1.54) is 0 Å². The molecule has 0 unspecified atom stereocenters. The van der Waals surface area contributed by atoms with Gasteiger partial charge in [0.05, 0.1) is 0 Å². The molecule has 0 aromatic heterocycles. The third-order valence-corrected chi connectivity index (χ3v) is 3.25. The molecule has 1 aromatic rings. The van der Waals surface area contributed by atoms with E-state index < -0.39 is 0 Å². The molecular formula is C13H18N2O2. The molecule has 0 radical (unpaired) electrons. The van der Waals surface area contributed by atoms with Crippen LogP contribution in [0, 0.1) is 6.92 Å². The highest BCUT2D eigenvalue weighted by atomic mass is 16.3. The van der Waals surface area contributed by atoms with Crippen molar-refractivity contribution in [2.24, 2.45) is 0 Å². The van der Waals surface area contributed by atoms with Crippen molar-refractivity contribution in [3.63, 3.8) is 0 Å². The summed E-state index contributed by atoms with van der Waals surface area (Å²) < 4.78 is 0. The lowest BCUT2D eigenvalue weighted by Gasteiger charge is -2.32. The van der Waals surface area contributed by atoms with Crippen molar-refractivity contribution in [3.05, 3.63) is 29.3 Å². The molecule has 0 atom stereocenters. The third kappa shape index (κ3) is 2.58. The Balaban J connectivity index is 2.11. The zero-order valence-electron chi connectivity index (χ0n) is 10.3. The zero-order chi connectivity index (χ0) is 12.4. The lowest BCUT2D eigenvalue weighted by atomic mass is 10.1. The Morgan fingerprint density at radius 3 is 2.47 bits per heavy atom. The van der Waals surface area contributed by atoms with Gasteiger partial charge >= 0.3 is 0 Å². The van der Waals surface area contributed by atoms with E-state index in [0.29, 0.717) is 5.56 Å². The molecule has 1 aliphatic heterocycles. The van der Waals surface area contributed by atoms with E-state index in [9.17, 15) is 9.90 Å². The van der Waals surface area contributed by atoms with Crippen LogP contribution in [0.4, 0.5) is 0 Å². The van der Waals surface area contributed by atoms with Gasteiger partial charge in [0.15, 0.2) is 0 Å². The van der Waals surface area contributed by atoms with Crippen molar-refractivity contribution in [2.75, 3.05) is 33.2 Å². The first kappa shape index (κ1) is 11.9. The highest BCUT2D eigenvalue weighted by molar-refractivity contribution is 5.94. The molecule has 17 heavy (non-hydrogen) atoms. The van der Waals surface area contributed by atoms with Crippen LogP contribution < -0.4 is 0 Å². The number of piperazine rings is 1. The molecule has 4 heteroatoms. The smallest absolute Gasteiger partial charge is 0.254 e. The van der Waals surface area contributed by atoms with Crippen LogP contribution in [0.15, 0.2) is 18.2 Å². The van der Waals surface area contributed by atoms with Gasteiger partial charge in [-0.2, -0.15) is 0 Å². The maximum absolute atomic E-state index is 12.2. The topological polar surface area (TPSA) is 43.8 Å². The Bertz CT molecular complexity index is 423. The van der Waals surface area contributed by atoms with Crippen LogP contribution in [-0.4, -0.2) is 54.0 Å². The molecular weight excluding hydrogens is 216 g/mol. The predicted octanol–water partition coefficient (Wildman–Crippen LogP) is 1.09. The van der Waals surface area contributed by atoms with Crippen LogP contribution in [0.3, 0.4) is 0 Å². The fraction of sp³-hybridized carbons (Fsp3) is 0.462. The van der Waals surface area contributed by atoms with Gasteiger partial charge in [0.2, 0.25) is 0 Å². The molecule has 92 valence electrons. The monoisotopic (exact) mass is 234 g/mol. The number of amides is 1. The Labute approximate surface area is 101 Å². The zero-order valence-corrected chi connectivity index (χ0v) is 10.3. The summed E-state index contributed by atoms with van der Waals surface area (Å²) >= 11 is 0. The van der Waals surface area contributed by atoms with Crippen molar-refractivity contribution in [2.45, 2.75) is 6.92 Å². The van der Waals surface area contributed by atoms with Gasteiger partial charge in [-0.3, -0.25) is 4.79 Å². The van der Waals surface area contributed by atoms with Gasteiger partial charge in [0, 0.05) is 31.7 Å². The first-order chi connectivity index (χ1) is 8.08.